The summed E-state index contributed by atoms with van der Waals surface area (Å²) in [5, 5.41) is 0. The van der Waals surface area contributed by atoms with Crippen molar-refractivity contribution in [1.29, 1.82) is 0 Å². The molecule has 0 spiro atoms. The van der Waals surface area contributed by atoms with Gasteiger partial charge in [0.15, 0.2) is 0 Å². The van der Waals surface area contributed by atoms with Crippen molar-refractivity contribution >= 4 is 6.09 Å². The third-order valence-corrected chi connectivity index (χ3v) is 5.95. The highest BCUT2D eigenvalue weighted by atomic mass is 19.4. The molecule has 2 aliphatic rings. The topological polar surface area (TPSA) is 42.4 Å². The van der Waals surface area contributed by atoms with Crippen molar-refractivity contribution in [2.24, 2.45) is 0 Å². The molecular weight excluding hydrogens is 412 g/mol. The molecule has 1 amide bonds. The van der Waals surface area contributed by atoms with Crippen molar-refractivity contribution < 1.29 is 27.1 Å². The van der Waals surface area contributed by atoms with Gasteiger partial charge in [0.1, 0.15) is 5.60 Å². The molecule has 3 unspecified atom stereocenters. The number of pyridine rings is 1. The molecule has 2 saturated heterocycles. The maximum Gasteiger partial charge on any atom is 0.416 e. The number of nitrogens with zero attached hydrogens (tertiary/aromatic N) is 2. The van der Waals surface area contributed by atoms with Gasteiger partial charge in [0.25, 0.3) is 0 Å². The quantitative estimate of drug-likeness (QED) is 0.418. The van der Waals surface area contributed by atoms with Gasteiger partial charge >= 0.3 is 12.3 Å². The summed E-state index contributed by atoms with van der Waals surface area (Å²) in [4.78, 5) is 18.3. The molecule has 4 rings (SSSR count). The molecule has 2 aromatic rings. The van der Waals surface area contributed by atoms with E-state index in [1.165, 1.54) is 18.3 Å². The molecule has 2 fully saturated rings. The molecule has 8 heteroatoms. The van der Waals surface area contributed by atoms with Crippen molar-refractivity contribution in [3.8, 4) is 11.1 Å². The predicted molar refractivity (Wildman–Crippen MR) is 107 cm³/mol. The van der Waals surface area contributed by atoms with Gasteiger partial charge in [0.05, 0.1) is 5.56 Å². The van der Waals surface area contributed by atoms with Crippen LogP contribution in [0.3, 0.4) is 0 Å². The Hall–Kier alpha value is -2.64. The number of hydrogen-bond donors (Lipinski definition) is 0. The van der Waals surface area contributed by atoms with E-state index in [2.05, 4.69) is 4.98 Å². The van der Waals surface area contributed by atoms with Gasteiger partial charge < -0.3 is 9.64 Å². The lowest BCUT2D eigenvalue weighted by Gasteiger charge is -2.28. The van der Waals surface area contributed by atoms with Crippen molar-refractivity contribution in [2.45, 2.75) is 69.8 Å². The van der Waals surface area contributed by atoms with E-state index in [-0.39, 0.29) is 29.7 Å². The number of carbonyl (C=O) groups is 1. The lowest BCUT2D eigenvalue weighted by atomic mass is 9.84. The number of ether oxygens (including phenoxy) is 1. The highest BCUT2D eigenvalue weighted by molar-refractivity contribution is 5.71. The molecule has 1 aromatic carbocycles. The number of aromatic nitrogens is 1. The largest absolute Gasteiger partial charge is 0.444 e. The number of amides is 1. The van der Waals surface area contributed by atoms with Crippen LogP contribution in [0.1, 0.15) is 57.1 Å². The summed E-state index contributed by atoms with van der Waals surface area (Å²) in [6.07, 6.45) is -0.903. The third-order valence-electron chi connectivity index (χ3n) is 5.95. The zero-order valence-electron chi connectivity index (χ0n) is 17.5. The second-order valence-electron chi connectivity index (χ2n) is 9.21. The van der Waals surface area contributed by atoms with E-state index >= 15 is 0 Å². The summed E-state index contributed by atoms with van der Waals surface area (Å²) in [5.41, 5.74) is -0.134. The van der Waals surface area contributed by atoms with Gasteiger partial charge in [-0.25, -0.2) is 9.78 Å². The molecule has 31 heavy (non-hydrogen) atoms. The molecule has 4 nitrogen and oxygen atoms in total. The van der Waals surface area contributed by atoms with Crippen LogP contribution in [0.4, 0.5) is 22.4 Å². The van der Waals surface area contributed by atoms with Crippen LogP contribution in [0.5, 0.6) is 0 Å². The predicted octanol–water partition coefficient (Wildman–Crippen LogP) is 6.16. The fourth-order valence-electron chi connectivity index (χ4n) is 4.65. The number of fused-ring (bicyclic) bond motifs is 2. The third kappa shape index (κ3) is 4.25. The Balaban J connectivity index is 1.60. The van der Waals surface area contributed by atoms with E-state index in [1.807, 2.05) is 20.8 Å². The van der Waals surface area contributed by atoms with Crippen molar-refractivity contribution in [3.05, 3.63) is 53.6 Å². The van der Waals surface area contributed by atoms with Gasteiger partial charge in [-0.3, -0.25) is 0 Å². The number of hydrogen-bond acceptors (Lipinski definition) is 3. The smallest absolute Gasteiger partial charge is 0.416 e. The van der Waals surface area contributed by atoms with E-state index in [9.17, 15) is 22.4 Å². The standard InChI is InChI=1S/C23H24F4N2O2/c1-22(2,3)31-21(30)29-16-8-9-19(29)17(11-16)14-10-18(20(24)28-12-14)13-4-6-15(7-5-13)23(25,26)27/h4-7,10,12,16-17,19H,8-9,11H2,1-3H3. The van der Waals surface area contributed by atoms with Gasteiger partial charge in [-0.05, 0) is 69.4 Å². The normalized spacial score (nSPS) is 23.3. The monoisotopic (exact) mass is 436 g/mol. The highest BCUT2D eigenvalue weighted by Crippen LogP contribution is 2.47. The minimum absolute atomic E-state index is 0.0208. The summed E-state index contributed by atoms with van der Waals surface area (Å²) >= 11 is 0. The highest BCUT2D eigenvalue weighted by Gasteiger charge is 2.50. The second kappa shape index (κ2) is 7.50. The molecule has 0 saturated carbocycles. The van der Waals surface area contributed by atoms with E-state index in [0.717, 1.165) is 37.0 Å². The molecule has 0 radical (unpaired) electrons. The minimum atomic E-state index is -4.45. The van der Waals surface area contributed by atoms with Crippen LogP contribution in [0.2, 0.25) is 0 Å². The molecule has 3 heterocycles. The average molecular weight is 436 g/mol. The fraction of sp³-hybridized carbons (Fsp3) is 0.478. The summed E-state index contributed by atoms with van der Waals surface area (Å²) < 4.78 is 58.5. The summed E-state index contributed by atoms with van der Waals surface area (Å²) in [6.45, 7) is 5.46. The van der Waals surface area contributed by atoms with Crippen molar-refractivity contribution in [2.75, 3.05) is 0 Å². The van der Waals surface area contributed by atoms with Gasteiger partial charge in [-0.2, -0.15) is 17.6 Å². The zero-order valence-corrected chi connectivity index (χ0v) is 17.5. The van der Waals surface area contributed by atoms with Gasteiger partial charge in [-0.1, -0.05) is 12.1 Å². The Morgan fingerprint density at radius 3 is 2.42 bits per heavy atom. The lowest BCUT2D eigenvalue weighted by molar-refractivity contribution is -0.137. The Morgan fingerprint density at radius 2 is 1.81 bits per heavy atom. The Morgan fingerprint density at radius 1 is 1.13 bits per heavy atom. The number of rotatable bonds is 2. The Kier molecular flexibility index (Phi) is 5.22. The number of carbonyl (C=O) groups excluding carboxylic acids is 1. The summed E-state index contributed by atoms with van der Waals surface area (Å²) in [5.74, 6) is -0.761. The van der Waals surface area contributed by atoms with Crippen LogP contribution < -0.4 is 0 Å². The maximum absolute atomic E-state index is 14.4. The molecule has 1 aromatic heterocycles. The number of benzene rings is 1. The SMILES string of the molecule is CC(C)(C)OC(=O)N1C2CCC1C(c1cnc(F)c(-c3ccc(C(F)(F)F)cc3)c1)C2. The molecular formula is C23H24F4N2O2. The molecule has 0 aliphatic carbocycles. The van der Waals surface area contributed by atoms with Crippen LogP contribution >= 0.6 is 0 Å². The molecule has 2 bridgehead atoms. The summed E-state index contributed by atoms with van der Waals surface area (Å²) in [7, 11) is 0. The van der Waals surface area contributed by atoms with Crippen LogP contribution in [0.25, 0.3) is 11.1 Å². The Bertz CT molecular complexity index is 983. The number of alkyl halides is 3. The fourth-order valence-corrected chi connectivity index (χ4v) is 4.65. The molecule has 2 aliphatic heterocycles. The molecule has 3 atom stereocenters. The van der Waals surface area contributed by atoms with Gasteiger partial charge in [0, 0.05) is 29.8 Å². The van der Waals surface area contributed by atoms with E-state index < -0.39 is 23.3 Å². The Labute approximate surface area is 178 Å². The van der Waals surface area contributed by atoms with E-state index in [4.69, 9.17) is 4.74 Å². The molecule has 0 N–H and O–H groups in total. The van der Waals surface area contributed by atoms with Gasteiger partial charge in [-0.15, -0.1) is 0 Å². The van der Waals surface area contributed by atoms with Crippen molar-refractivity contribution in [1.82, 2.24) is 9.88 Å². The lowest BCUT2D eigenvalue weighted by Crippen LogP contribution is -2.40. The first-order valence-corrected chi connectivity index (χ1v) is 10.3. The molecule has 166 valence electrons. The van der Waals surface area contributed by atoms with E-state index in [0.29, 0.717) is 5.56 Å². The van der Waals surface area contributed by atoms with Crippen LogP contribution in [-0.2, 0) is 10.9 Å². The first-order chi connectivity index (χ1) is 14.4. The summed E-state index contributed by atoms with van der Waals surface area (Å²) in [6, 6.07) is 6.01. The first kappa shape index (κ1) is 21.6. The van der Waals surface area contributed by atoms with Gasteiger partial charge in [0.2, 0.25) is 5.95 Å². The maximum atomic E-state index is 14.4. The first-order valence-electron chi connectivity index (χ1n) is 10.3. The van der Waals surface area contributed by atoms with Crippen molar-refractivity contribution in [3.63, 3.8) is 0 Å². The average Bonchev–Trinajstić information content (AvgIpc) is 3.25. The van der Waals surface area contributed by atoms with Crippen LogP contribution in [0, 0.1) is 5.95 Å². The second-order valence-corrected chi connectivity index (χ2v) is 9.21. The van der Waals surface area contributed by atoms with Crippen LogP contribution in [0.15, 0.2) is 36.5 Å². The van der Waals surface area contributed by atoms with E-state index in [1.54, 1.807) is 11.0 Å². The number of halogens is 4. The minimum Gasteiger partial charge on any atom is -0.444 e. The zero-order chi connectivity index (χ0) is 22.6. The van der Waals surface area contributed by atoms with Crippen LogP contribution in [-0.4, -0.2) is 33.7 Å².